The first kappa shape index (κ1) is 16.8. The minimum atomic E-state index is -0.0864. The van der Waals surface area contributed by atoms with Gasteiger partial charge in [-0.1, -0.05) is 60.4 Å². The Balaban J connectivity index is 1.95. The third-order valence-corrected chi connectivity index (χ3v) is 5.22. The Morgan fingerprint density at radius 2 is 0.966 bits per heavy atom. The third-order valence-electron chi connectivity index (χ3n) is 5.22. The normalized spacial score (nSPS) is 10.7. The van der Waals surface area contributed by atoms with Crippen LogP contribution in [0.3, 0.4) is 0 Å². The SMILES string of the molecule is N#C[C](C#N)C#Cc1c2cc3ccccc3cc2cc2cc3ccccc3cc12. The Hall–Kier alpha value is -4.32. The van der Waals surface area contributed by atoms with Crippen LogP contribution in [0, 0.1) is 40.4 Å². The quantitative estimate of drug-likeness (QED) is 0.240. The molecule has 0 aliphatic rings. The first-order valence-electron chi connectivity index (χ1n) is 9.24. The molecule has 5 rings (SSSR count). The molecular weight excluding hydrogens is 352 g/mol. The maximum Gasteiger partial charge on any atom is 0.246 e. The highest BCUT2D eigenvalue weighted by atomic mass is 14.3. The molecule has 0 aromatic heterocycles. The predicted octanol–water partition coefficient (Wildman–Crippen LogP) is 6.27. The average Bonchev–Trinajstić information content (AvgIpc) is 2.76. The molecule has 0 atom stereocenters. The Morgan fingerprint density at radius 3 is 1.41 bits per heavy atom. The second-order valence-corrected chi connectivity index (χ2v) is 6.94. The highest BCUT2D eigenvalue weighted by Crippen LogP contribution is 2.33. The van der Waals surface area contributed by atoms with E-state index in [1.807, 2.05) is 36.4 Å². The van der Waals surface area contributed by atoms with Gasteiger partial charge in [-0.2, -0.15) is 10.5 Å². The molecule has 1 radical (unpaired) electrons. The lowest BCUT2D eigenvalue weighted by molar-refractivity contribution is 1.41. The summed E-state index contributed by atoms with van der Waals surface area (Å²) in [4.78, 5) is 0. The molecule has 5 aromatic rings. The number of hydrogen-bond acceptors (Lipinski definition) is 2. The molecule has 131 valence electrons. The van der Waals surface area contributed by atoms with Crippen LogP contribution in [-0.2, 0) is 0 Å². The second-order valence-electron chi connectivity index (χ2n) is 6.94. The van der Waals surface area contributed by atoms with Crippen LogP contribution in [-0.4, -0.2) is 0 Å². The van der Waals surface area contributed by atoms with Gasteiger partial charge in [-0.3, -0.25) is 0 Å². The van der Waals surface area contributed by atoms with E-state index in [4.69, 9.17) is 10.5 Å². The summed E-state index contributed by atoms with van der Waals surface area (Å²) in [6.07, 6.45) is 0. The zero-order valence-corrected chi connectivity index (χ0v) is 15.4. The van der Waals surface area contributed by atoms with Crippen molar-refractivity contribution >= 4 is 43.1 Å². The predicted molar refractivity (Wildman–Crippen MR) is 118 cm³/mol. The van der Waals surface area contributed by atoms with Crippen LogP contribution >= 0.6 is 0 Å². The lowest BCUT2D eigenvalue weighted by atomic mass is 9.92. The van der Waals surface area contributed by atoms with Gasteiger partial charge in [0, 0.05) is 5.56 Å². The molecule has 0 aliphatic carbocycles. The molecule has 29 heavy (non-hydrogen) atoms. The molecule has 0 amide bonds. The van der Waals surface area contributed by atoms with E-state index in [9.17, 15) is 0 Å². The van der Waals surface area contributed by atoms with Crippen LogP contribution in [0.4, 0.5) is 0 Å². The maximum atomic E-state index is 9.10. The van der Waals surface area contributed by atoms with Crippen LogP contribution in [0.1, 0.15) is 5.56 Å². The lowest BCUT2D eigenvalue weighted by Gasteiger charge is -2.10. The fourth-order valence-corrected chi connectivity index (χ4v) is 3.84. The monoisotopic (exact) mass is 365 g/mol. The second kappa shape index (κ2) is 6.69. The van der Waals surface area contributed by atoms with Gasteiger partial charge in [0.25, 0.3) is 0 Å². The van der Waals surface area contributed by atoms with E-state index in [-0.39, 0.29) is 5.92 Å². The highest BCUT2D eigenvalue weighted by Gasteiger charge is 2.10. The van der Waals surface area contributed by atoms with Gasteiger partial charge in [0.15, 0.2) is 0 Å². The molecule has 0 aliphatic heterocycles. The van der Waals surface area contributed by atoms with Crippen LogP contribution in [0.25, 0.3) is 43.1 Å². The standard InChI is InChI=1S/C27H13N2/c28-16-18(17-29)9-10-25-26-14-21-7-3-1-5-19(21)11-23(26)13-24-12-20-6-2-4-8-22(20)15-27(24)25/h1-8,11-15H. The van der Waals surface area contributed by atoms with Crippen LogP contribution in [0.2, 0.25) is 0 Å². The topological polar surface area (TPSA) is 47.6 Å². The van der Waals surface area contributed by atoms with Crippen molar-refractivity contribution in [3.63, 3.8) is 0 Å². The molecule has 2 heteroatoms. The molecule has 5 aromatic carbocycles. The highest BCUT2D eigenvalue weighted by molar-refractivity contribution is 6.12. The van der Waals surface area contributed by atoms with E-state index in [1.165, 1.54) is 10.8 Å². The summed E-state index contributed by atoms with van der Waals surface area (Å²) in [7, 11) is 0. The van der Waals surface area contributed by atoms with Crippen LogP contribution in [0.15, 0.2) is 78.9 Å². The van der Waals surface area contributed by atoms with E-state index >= 15 is 0 Å². The number of rotatable bonds is 0. The molecule has 0 spiro atoms. The summed E-state index contributed by atoms with van der Waals surface area (Å²) in [6.45, 7) is 0. The molecule has 0 fully saturated rings. The number of benzene rings is 5. The minimum Gasteiger partial charge on any atom is -0.195 e. The minimum absolute atomic E-state index is 0.0864. The average molecular weight is 365 g/mol. The molecular formula is C27H13N2. The van der Waals surface area contributed by atoms with Crippen LogP contribution in [0.5, 0.6) is 0 Å². The van der Waals surface area contributed by atoms with Gasteiger partial charge in [-0.05, 0) is 73.4 Å². The number of nitrogens with zero attached hydrogens (tertiary/aromatic N) is 2. The molecule has 0 saturated carbocycles. The Morgan fingerprint density at radius 1 is 0.552 bits per heavy atom. The number of nitriles is 2. The van der Waals surface area contributed by atoms with Crippen molar-refractivity contribution in [3.05, 3.63) is 90.3 Å². The van der Waals surface area contributed by atoms with Crippen molar-refractivity contribution < 1.29 is 0 Å². The van der Waals surface area contributed by atoms with Crippen molar-refractivity contribution in [1.82, 2.24) is 0 Å². The molecule has 0 N–H and O–H groups in total. The van der Waals surface area contributed by atoms with E-state index in [0.29, 0.717) is 0 Å². The van der Waals surface area contributed by atoms with E-state index in [1.54, 1.807) is 0 Å². The van der Waals surface area contributed by atoms with Gasteiger partial charge < -0.3 is 0 Å². The van der Waals surface area contributed by atoms with Gasteiger partial charge in [-0.25, -0.2) is 0 Å². The van der Waals surface area contributed by atoms with Crippen molar-refractivity contribution in [3.8, 4) is 24.0 Å². The fraction of sp³-hybridized carbons (Fsp3) is 0. The van der Waals surface area contributed by atoms with E-state index < -0.39 is 0 Å². The first-order valence-corrected chi connectivity index (χ1v) is 9.24. The smallest absolute Gasteiger partial charge is 0.195 e. The number of fused-ring (bicyclic) bond motifs is 4. The van der Waals surface area contributed by atoms with Crippen molar-refractivity contribution in [2.45, 2.75) is 0 Å². The largest absolute Gasteiger partial charge is 0.246 e. The van der Waals surface area contributed by atoms with E-state index in [0.717, 1.165) is 37.9 Å². The van der Waals surface area contributed by atoms with Crippen molar-refractivity contribution in [1.29, 1.82) is 10.5 Å². The molecule has 0 bridgehead atoms. The summed E-state index contributed by atoms with van der Waals surface area (Å²) in [6, 6.07) is 31.0. The third kappa shape index (κ3) is 2.83. The van der Waals surface area contributed by atoms with Gasteiger partial charge in [0.1, 0.15) is 12.1 Å². The van der Waals surface area contributed by atoms with Crippen molar-refractivity contribution in [2.75, 3.05) is 0 Å². The molecule has 0 heterocycles. The fourth-order valence-electron chi connectivity index (χ4n) is 3.84. The summed E-state index contributed by atoms with van der Waals surface area (Å²) < 4.78 is 0. The molecule has 0 unspecified atom stereocenters. The van der Waals surface area contributed by atoms with Gasteiger partial charge in [-0.15, -0.1) is 0 Å². The lowest BCUT2D eigenvalue weighted by Crippen LogP contribution is -1.89. The summed E-state index contributed by atoms with van der Waals surface area (Å²) in [5, 5.41) is 27.0. The Labute approximate surface area is 168 Å². The van der Waals surface area contributed by atoms with E-state index in [2.05, 4.69) is 66.4 Å². The van der Waals surface area contributed by atoms with Crippen LogP contribution < -0.4 is 0 Å². The number of hydrogen-bond donors (Lipinski definition) is 0. The summed E-state index contributed by atoms with van der Waals surface area (Å²) >= 11 is 0. The first-order chi connectivity index (χ1) is 14.3. The zero-order chi connectivity index (χ0) is 19.8. The summed E-state index contributed by atoms with van der Waals surface area (Å²) in [5.74, 6) is 5.80. The summed E-state index contributed by atoms with van der Waals surface area (Å²) in [5.41, 5.74) is 0.844. The van der Waals surface area contributed by atoms with Crippen molar-refractivity contribution in [2.24, 2.45) is 0 Å². The zero-order valence-electron chi connectivity index (χ0n) is 15.4. The Kier molecular flexibility index (Phi) is 3.88. The van der Waals surface area contributed by atoms with Gasteiger partial charge in [0.05, 0.1) is 0 Å². The molecule has 2 nitrogen and oxygen atoms in total. The van der Waals surface area contributed by atoms with Gasteiger partial charge >= 0.3 is 0 Å². The van der Waals surface area contributed by atoms with Gasteiger partial charge in [0.2, 0.25) is 5.92 Å². The maximum absolute atomic E-state index is 9.10. The Bertz CT molecular complexity index is 1480. The molecule has 0 saturated heterocycles.